The van der Waals surface area contributed by atoms with Gasteiger partial charge in [0.1, 0.15) is 6.61 Å². The maximum atomic E-state index is 12.5. The van der Waals surface area contributed by atoms with Gasteiger partial charge in [-0.05, 0) is 31.0 Å². The molecule has 0 spiro atoms. The van der Waals surface area contributed by atoms with E-state index in [-0.39, 0.29) is 11.8 Å². The predicted molar refractivity (Wildman–Crippen MR) is 75.5 cm³/mol. The summed E-state index contributed by atoms with van der Waals surface area (Å²) in [6.07, 6.45) is 0. The fourth-order valence-corrected chi connectivity index (χ4v) is 2.41. The largest absolute Gasteiger partial charge is 0.387 e. The van der Waals surface area contributed by atoms with Crippen molar-refractivity contribution < 1.29 is 14.7 Å². The highest BCUT2D eigenvalue weighted by molar-refractivity contribution is 5.96. The Bertz CT molecular complexity index is 520. The van der Waals surface area contributed by atoms with Gasteiger partial charge in [0.2, 0.25) is 5.91 Å². The molecule has 0 atom stereocenters. The van der Waals surface area contributed by atoms with Gasteiger partial charge in [0, 0.05) is 31.7 Å². The number of carbonyl (C=O) groups is 2. The monoisotopic (exact) mass is 276 g/mol. The Hall–Kier alpha value is -1.88. The lowest BCUT2D eigenvalue weighted by Gasteiger charge is -2.34. The minimum Gasteiger partial charge on any atom is -0.387 e. The van der Waals surface area contributed by atoms with Gasteiger partial charge < -0.3 is 14.9 Å². The Morgan fingerprint density at radius 2 is 1.70 bits per heavy atom. The topological polar surface area (TPSA) is 60.9 Å². The van der Waals surface area contributed by atoms with E-state index in [2.05, 4.69) is 0 Å². The molecule has 0 unspecified atom stereocenters. The van der Waals surface area contributed by atoms with E-state index in [9.17, 15) is 9.59 Å². The molecule has 20 heavy (non-hydrogen) atoms. The van der Waals surface area contributed by atoms with Crippen LogP contribution in [0.25, 0.3) is 0 Å². The molecular formula is C15H20N2O3. The van der Waals surface area contributed by atoms with Crippen molar-refractivity contribution in [1.29, 1.82) is 0 Å². The zero-order chi connectivity index (χ0) is 14.7. The summed E-state index contributed by atoms with van der Waals surface area (Å²) in [6.45, 7) is 5.46. The van der Waals surface area contributed by atoms with Crippen LogP contribution < -0.4 is 0 Å². The van der Waals surface area contributed by atoms with Crippen molar-refractivity contribution >= 4 is 11.8 Å². The number of aryl methyl sites for hydroxylation is 1. The first-order valence-electron chi connectivity index (χ1n) is 6.78. The van der Waals surface area contributed by atoms with E-state index in [1.54, 1.807) is 9.80 Å². The SMILES string of the molecule is Cc1cccc(C(=O)N2CCN(C(=O)CO)CC2)c1C. The molecule has 5 nitrogen and oxygen atoms in total. The second-order valence-corrected chi connectivity index (χ2v) is 5.08. The van der Waals surface area contributed by atoms with Crippen LogP contribution in [0.3, 0.4) is 0 Å². The lowest BCUT2D eigenvalue weighted by Crippen LogP contribution is -2.51. The Labute approximate surface area is 118 Å². The molecule has 0 aromatic heterocycles. The number of hydrogen-bond donors (Lipinski definition) is 1. The minimum atomic E-state index is -0.467. The van der Waals surface area contributed by atoms with Crippen molar-refractivity contribution in [2.24, 2.45) is 0 Å². The average molecular weight is 276 g/mol. The highest BCUT2D eigenvalue weighted by Gasteiger charge is 2.25. The smallest absolute Gasteiger partial charge is 0.254 e. The first kappa shape index (κ1) is 14.5. The molecule has 2 rings (SSSR count). The predicted octanol–water partition coefficient (Wildman–Crippen LogP) is 0.580. The van der Waals surface area contributed by atoms with Gasteiger partial charge in [0.05, 0.1) is 0 Å². The number of rotatable bonds is 2. The number of amides is 2. The quantitative estimate of drug-likeness (QED) is 0.859. The van der Waals surface area contributed by atoms with Gasteiger partial charge in [-0.1, -0.05) is 12.1 Å². The van der Waals surface area contributed by atoms with Crippen LogP contribution in [-0.4, -0.2) is 59.5 Å². The van der Waals surface area contributed by atoms with Gasteiger partial charge >= 0.3 is 0 Å². The van der Waals surface area contributed by atoms with Crippen molar-refractivity contribution in [3.63, 3.8) is 0 Å². The number of nitrogens with zero attached hydrogens (tertiary/aromatic N) is 2. The van der Waals surface area contributed by atoms with Crippen LogP contribution in [0.2, 0.25) is 0 Å². The van der Waals surface area contributed by atoms with E-state index in [0.29, 0.717) is 26.2 Å². The Kier molecular flexibility index (Phi) is 4.39. The maximum Gasteiger partial charge on any atom is 0.254 e. The summed E-state index contributed by atoms with van der Waals surface area (Å²) in [6, 6.07) is 5.72. The van der Waals surface area contributed by atoms with Crippen LogP contribution in [0.4, 0.5) is 0 Å². The van der Waals surface area contributed by atoms with Crippen LogP contribution in [-0.2, 0) is 4.79 Å². The summed E-state index contributed by atoms with van der Waals surface area (Å²) in [5.74, 6) is -0.258. The molecule has 5 heteroatoms. The van der Waals surface area contributed by atoms with Crippen LogP contribution in [0, 0.1) is 13.8 Å². The van der Waals surface area contributed by atoms with Crippen LogP contribution in [0.15, 0.2) is 18.2 Å². The third-order valence-electron chi connectivity index (χ3n) is 3.89. The zero-order valence-electron chi connectivity index (χ0n) is 11.9. The molecule has 1 aromatic carbocycles. The number of aliphatic hydroxyl groups is 1. The third kappa shape index (κ3) is 2.82. The van der Waals surface area contributed by atoms with Gasteiger partial charge in [-0.25, -0.2) is 0 Å². The van der Waals surface area contributed by atoms with E-state index < -0.39 is 6.61 Å². The fourth-order valence-electron chi connectivity index (χ4n) is 2.41. The summed E-state index contributed by atoms with van der Waals surface area (Å²) in [5.41, 5.74) is 2.84. The summed E-state index contributed by atoms with van der Waals surface area (Å²) < 4.78 is 0. The number of aliphatic hydroxyl groups excluding tert-OH is 1. The highest BCUT2D eigenvalue weighted by atomic mass is 16.3. The van der Waals surface area contributed by atoms with Gasteiger partial charge in [-0.15, -0.1) is 0 Å². The Balaban J connectivity index is 2.05. The van der Waals surface area contributed by atoms with E-state index in [4.69, 9.17) is 5.11 Å². The molecule has 1 aromatic rings. The molecule has 1 fully saturated rings. The number of benzene rings is 1. The first-order chi connectivity index (χ1) is 9.54. The molecule has 0 aliphatic carbocycles. The Morgan fingerprint density at radius 1 is 1.10 bits per heavy atom. The fraction of sp³-hybridized carbons (Fsp3) is 0.467. The van der Waals surface area contributed by atoms with Gasteiger partial charge in [0.25, 0.3) is 5.91 Å². The normalized spacial score (nSPS) is 15.3. The molecule has 1 aliphatic rings. The Morgan fingerprint density at radius 3 is 2.30 bits per heavy atom. The summed E-state index contributed by atoms with van der Waals surface area (Å²) in [7, 11) is 0. The summed E-state index contributed by atoms with van der Waals surface area (Å²) in [4.78, 5) is 27.2. The summed E-state index contributed by atoms with van der Waals surface area (Å²) >= 11 is 0. The molecule has 1 aliphatic heterocycles. The molecule has 0 saturated carbocycles. The minimum absolute atomic E-state index is 0.0160. The molecule has 1 heterocycles. The van der Waals surface area contributed by atoms with Gasteiger partial charge in [-0.2, -0.15) is 0 Å². The van der Waals surface area contributed by atoms with Crippen molar-refractivity contribution in [2.75, 3.05) is 32.8 Å². The second-order valence-electron chi connectivity index (χ2n) is 5.08. The molecular weight excluding hydrogens is 256 g/mol. The van der Waals surface area contributed by atoms with Crippen LogP contribution >= 0.6 is 0 Å². The highest BCUT2D eigenvalue weighted by Crippen LogP contribution is 2.16. The van der Waals surface area contributed by atoms with Crippen LogP contribution in [0.1, 0.15) is 21.5 Å². The van der Waals surface area contributed by atoms with Gasteiger partial charge in [0.15, 0.2) is 0 Å². The van der Waals surface area contributed by atoms with E-state index in [0.717, 1.165) is 16.7 Å². The van der Waals surface area contributed by atoms with Crippen molar-refractivity contribution in [1.82, 2.24) is 9.80 Å². The third-order valence-corrected chi connectivity index (χ3v) is 3.89. The average Bonchev–Trinajstić information content (AvgIpc) is 2.48. The number of hydrogen-bond acceptors (Lipinski definition) is 3. The lowest BCUT2D eigenvalue weighted by atomic mass is 10.0. The van der Waals surface area contributed by atoms with Crippen molar-refractivity contribution in [3.8, 4) is 0 Å². The van der Waals surface area contributed by atoms with Gasteiger partial charge in [-0.3, -0.25) is 9.59 Å². The second kappa shape index (κ2) is 6.05. The molecule has 2 amide bonds. The maximum absolute atomic E-state index is 12.5. The van der Waals surface area contributed by atoms with E-state index in [1.165, 1.54) is 0 Å². The van der Waals surface area contributed by atoms with E-state index in [1.807, 2.05) is 32.0 Å². The number of carbonyl (C=O) groups excluding carboxylic acids is 2. The zero-order valence-corrected chi connectivity index (χ0v) is 11.9. The van der Waals surface area contributed by atoms with Crippen molar-refractivity contribution in [2.45, 2.75) is 13.8 Å². The molecule has 108 valence electrons. The van der Waals surface area contributed by atoms with Crippen LogP contribution in [0.5, 0.6) is 0 Å². The van der Waals surface area contributed by atoms with Crippen molar-refractivity contribution in [3.05, 3.63) is 34.9 Å². The molecule has 0 radical (unpaired) electrons. The standard InChI is InChI=1S/C15H20N2O3/c1-11-4-3-5-13(12(11)2)15(20)17-8-6-16(7-9-17)14(19)10-18/h3-5,18H,6-10H2,1-2H3. The van der Waals surface area contributed by atoms with E-state index >= 15 is 0 Å². The lowest BCUT2D eigenvalue weighted by molar-refractivity contribution is -0.135. The number of piperazine rings is 1. The molecule has 0 bridgehead atoms. The molecule has 1 N–H and O–H groups in total. The first-order valence-corrected chi connectivity index (χ1v) is 6.78. The summed E-state index contributed by atoms with van der Waals surface area (Å²) in [5, 5.41) is 8.84. The molecule has 1 saturated heterocycles.